The minimum atomic E-state index is 0.519. The van der Waals surface area contributed by atoms with Gasteiger partial charge in [-0.1, -0.05) is 84.0 Å². The van der Waals surface area contributed by atoms with Gasteiger partial charge in [-0.15, -0.1) is 22.7 Å². The second kappa shape index (κ2) is 11.8. The predicted octanol–water partition coefficient (Wildman–Crippen LogP) is 11.2. The molecule has 2 heterocycles. The van der Waals surface area contributed by atoms with Crippen LogP contribution < -0.4 is 0 Å². The molecule has 188 valence electrons. The van der Waals surface area contributed by atoms with Crippen LogP contribution in [0.2, 0.25) is 0 Å². The molecular formula is C34H40S2. The third-order valence-electron chi connectivity index (χ3n) is 6.98. The molecular weight excluding hydrogens is 473 g/mol. The van der Waals surface area contributed by atoms with E-state index in [4.69, 9.17) is 0 Å². The van der Waals surface area contributed by atoms with Crippen LogP contribution in [-0.2, 0) is 25.7 Å². The summed E-state index contributed by atoms with van der Waals surface area (Å²) in [5, 5.41) is 0. The lowest BCUT2D eigenvalue weighted by Gasteiger charge is -2.09. The van der Waals surface area contributed by atoms with E-state index in [0.717, 1.165) is 25.7 Å². The fourth-order valence-electron chi connectivity index (χ4n) is 4.76. The van der Waals surface area contributed by atoms with Gasteiger partial charge in [0.05, 0.1) is 4.88 Å². The Kier molecular flexibility index (Phi) is 8.70. The molecule has 0 N–H and O–H groups in total. The van der Waals surface area contributed by atoms with E-state index in [1.54, 1.807) is 0 Å². The van der Waals surface area contributed by atoms with Crippen molar-refractivity contribution in [1.82, 2.24) is 0 Å². The van der Waals surface area contributed by atoms with Crippen LogP contribution in [0, 0.1) is 0 Å². The minimum absolute atomic E-state index is 0.519. The first-order valence-electron chi connectivity index (χ1n) is 13.6. The lowest BCUT2D eigenvalue weighted by atomic mass is 9.96. The van der Waals surface area contributed by atoms with Crippen LogP contribution >= 0.6 is 22.7 Å². The number of thiophene rings is 2. The molecule has 36 heavy (non-hydrogen) atoms. The maximum atomic E-state index is 2.46. The minimum Gasteiger partial charge on any atom is -0.139 e. The normalized spacial score (nSPS) is 11.8. The van der Waals surface area contributed by atoms with Crippen molar-refractivity contribution in [3.05, 3.63) is 86.6 Å². The lowest BCUT2D eigenvalue weighted by Crippen LogP contribution is -1.89. The Balaban J connectivity index is 1.93. The second-order valence-corrected chi connectivity index (χ2v) is 12.1. The Morgan fingerprint density at radius 3 is 1.58 bits per heavy atom. The van der Waals surface area contributed by atoms with E-state index in [9.17, 15) is 0 Å². The second-order valence-electron chi connectivity index (χ2n) is 9.93. The lowest BCUT2D eigenvalue weighted by molar-refractivity contribution is 0.890. The fraction of sp³-hybridized carbons (Fsp3) is 0.353. The molecule has 0 saturated heterocycles. The van der Waals surface area contributed by atoms with Crippen LogP contribution in [0.15, 0.2) is 54.6 Å². The first-order chi connectivity index (χ1) is 17.4. The zero-order chi connectivity index (χ0) is 25.8. The molecule has 2 aromatic heterocycles. The number of hydrogen-bond donors (Lipinski definition) is 0. The van der Waals surface area contributed by atoms with Crippen molar-refractivity contribution < 1.29 is 0 Å². The van der Waals surface area contributed by atoms with Crippen molar-refractivity contribution in [3.63, 3.8) is 0 Å². The smallest absolute Gasteiger partial charge is 0.0524 e. The average Bonchev–Trinajstić information content (AvgIpc) is 3.53. The summed E-state index contributed by atoms with van der Waals surface area (Å²) in [5.41, 5.74) is 11.2. The van der Waals surface area contributed by atoms with Gasteiger partial charge in [-0.25, -0.2) is 0 Å². The quantitative estimate of drug-likeness (QED) is 0.209. The first kappa shape index (κ1) is 26.6. The van der Waals surface area contributed by atoms with Gasteiger partial charge in [0.1, 0.15) is 0 Å². The first-order valence-corrected chi connectivity index (χ1v) is 15.2. The summed E-state index contributed by atoms with van der Waals surface area (Å²) < 4.78 is 0. The molecule has 0 aliphatic rings. The fourth-order valence-corrected chi connectivity index (χ4v) is 7.21. The van der Waals surface area contributed by atoms with Gasteiger partial charge in [-0.2, -0.15) is 0 Å². The predicted molar refractivity (Wildman–Crippen MR) is 165 cm³/mol. The third kappa shape index (κ3) is 5.61. The molecule has 2 heteroatoms. The van der Waals surface area contributed by atoms with Crippen LogP contribution in [0.1, 0.15) is 86.4 Å². The Hall–Kier alpha value is -2.42. The number of aryl methyl sites for hydroxylation is 4. The molecule has 0 radical (unpaired) electrons. The maximum Gasteiger partial charge on any atom is 0.0524 e. The highest BCUT2D eigenvalue weighted by atomic mass is 32.1. The molecule has 4 rings (SSSR count). The van der Waals surface area contributed by atoms with E-state index < -0.39 is 0 Å². The van der Waals surface area contributed by atoms with Crippen molar-refractivity contribution in [1.29, 1.82) is 0 Å². The van der Waals surface area contributed by atoms with Crippen molar-refractivity contribution >= 4 is 28.7 Å². The zero-order valence-electron chi connectivity index (χ0n) is 23.0. The van der Waals surface area contributed by atoms with E-state index in [1.165, 1.54) is 64.0 Å². The van der Waals surface area contributed by atoms with Gasteiger partial charge in [-0.05, 0) is 90.1 Å². The van der Waals surface area contributed by atoms with Gasteiger partial charge < -0.3 is 0 Å². The number of rotatable bonds is 9. The Bertz CT molecular complexity index is 1320. The number of hydrogen-bond acceptors (Lipinski definition) is 2. The van der Waals surface area contributed by atoms with Crippen LogP contribution in [0.3, 0.4) is 0 Å². The van der Waals surface area contributed by atoms with Crippen LogP contribution in [0.5, 0.6) is 0 Å². The molecule has 0 aliphatic carbocycles. The molecule has 0 atom stereocenters. The molecule has 0 aliphatic heterocycles. The Labute approximate surface area is 226 Å². The maximum absolute atomic E-state index is 2.46. The van der Waals surface area contributed by atoms with E-state index >= 15 is 0 Å². The zero-order valence-corrected chi connectivity index (χ0v) is 24.6. The van der Waals surface area contributed by atoms with E-state index in [1.807, 2.05) is 22.7 Å². The number of benzene rings is 2. The monoisotopic (exact) mass is 512 g/mol. The molecule has 2 aromatic carbocycles. The van der Waals surface area contributed by atoms with Gasteiger partial charge in [-0.3, -0.25) is 0 Å². The van der Waals surface area contributed by atoms with E-state index in [-0.39, 0.29) is 0 Å². The third-order valence-corrected chi connectivity index (χ3v) is 9.70. The summed E-state index contributed by atoms with van der Waals surface area (Å²) in [4.78, 5) is 5.61. The summed E-state index contributed by atoms with van der Waals surface area (Å²) in [5.74, 6) is 0.519. The van der Waals surface area contributed by atoms with Crippen LogP contribution in [0.4, 0.5) is 0 Å². The molecule has 0 fully saturated rings. The molecule has 0 unspecified atom stereocenters. The molecule has 0 nitrogen and oxygen atoms in total. The molecule has 0 saturated carbocycles. The van der Waals surface area contributed by atoms with Crippen molar-refractivity contribution in [2.24, 2.45) is 0 Å². The van der Waals surface area contributed by atoms with Crippen molar-refractivity contribution in [2.75, 3.05) is 0 Å². The van der Waals surface area contributed by atoms with Gasteiger partial charge in [0.15, 0.2) is 0 Å². The summed E-state index contributed by atoms with van der Waals surface area (Å²) >= 11 is 3.92. The molecule has 4 aromatic rings. The van der Waals surface area contributed by atoms with Gasteiger partial charge >= 0.3 is 0 Å². The SMILES string of the molecule is CC=Cc1sc(-c2sc(C(C)C)cc2-c2cc(CC)cc(CC)c2)cc1-c1cc(CC)cc(CC)c1. The summed E-state index contributed by atoms with van der Waals surface area (Å²) in [6.45, 7) is 15.8. The van der Waals surface area contributed by atoms with Crippen LogP contribution in [-0.4, -0.2) is 0 Å². The average molecular weight is 513 g/mol. The molecule has 0 bridgehead atoms. The highest BCUT2D eigenvalue weighted by Gasteiger charge is 2.20. The van der Waals surface area contributed by atoms with E-state index in [0.29, 0.717) is 5.92 Å². The largest absolute Gasteiger partial charge is 0.139 e. The van der Waals surface area contributed by atoms with Crippen molar-refractivity contribution in [3.8, 4) is 32.0 Å². The standard InChI is InChI=1S/C34H40S2/c1-8-13-31-29(27-16-23(9-2)14-24(10-3)17-27)20-33(35-31)34-30(21-32(36-34)22(6)7)28-18-25(11-4)15-26(12-5)19-28/h8,13-22H,9-12H2,1-7H3. The highest BCUT2D eigenvalue weighted by Crippen LogP contribution is 2.47. The topological polar surface area (TPSA) is 0 Å². The van der Waals surface area contributed by atoms with Crippen LogP contribution in [0.25, 0.3) is 38.1 Å². The van der Waals surface area contributed by atoms with Gasteiger partial charge in [0.2, 0.25) is 0 Å². The van der Waals surface area contributed by atoms with Gasteiger partial charge in [0.25, 0.3) is 0 Å². The van der Waals surface area contributed by atoms with E-state index in [2.05, 4.69) is 109 Å². The van der Waals surface area contributed by atoms with Gasteiger partial charge in [0, 0.05) is 25.8 Å². The highest BCUT2D eigenvalue weighted by molar-refractivity contribution is 7.23. The number of allylic oxidation sites excluding steroid dienone is 1. The van der Waals surface area contributed by atoms with Crippen molar-refractivity contribution in [2.45, 2.75) is 80.1 Å². The Morgan fingerprint density at radius 2 is 1.14 bits per heavy atom. The summed E-state index contributed by atoms with van der Waals surface area (Å²) in [7, 11) is 0. The summed E-state index contributed by atoms with van der Waals surface area (Å²) in [6, 6.07) is 19.3. The molecule has 0 amide bonds. The Morgan fingerprint density at radius 1 is 0.639 bits per heavy atom. The molecule has 0 spiro atoms. The summed E-state index contributed by atoms with van der Waals surface area (Å²) in [6.07, 6.45) is 8.74.